The zero-order chi connectivity index (χ0) is 15.6. The molecule has 5 nitrogen and oxygen atoms in total. The number of fused-ring (bicyclic) bond motifs is 1. The fourth-order valence-electron chi connectivity index (χ4n) is 3.55. The molecule has 120 valence electrons. The Balaban J connectivity index is 1.51. The van der Waals surface area contributed by atoms with Gasteiger partial charge in [-0.15, -0.1) is 0 Å². The van der Waals surface area contributed by atoms with Gasteiger partial charge in [0, 0.05) is 24.5 Å². The number of anilines is 3. The molecule has 2 N–H and O–H groups in total. The molecule has 0 saturated heterocycles. The normalized spacial score (nSPS) is 23.6. The molecule has 0 amide bonds. The van der Waals surface area contributed by atoms with Gasteiger partial charge in [0.15, 0.2) is 0 Å². The Hall–Kier alpha value is -2.14. The van der Waals surface area contributed by atoms with E-state index in [1.807, 2.05) is 12.3 Å². The van der Waals surface area contributed by atoms with Crippen LogP contribution in [0.5, 0.6) is 0 Å². The highest BCUT2D eigenvalue weighted by molar-refractivity contribution is 5.67. The van der Waals surface area contributed by atoms with Crippen molar-refractivity contribution in [3.05, 3.63) is 42.1 Å². The molecule has 4 rings (SSSR count). The van der Waals surface area contributed by atoms with E-state index in [4.69, 9.17) is 4.98 Å². The topological polar surface area (TPSA) is 61.3 Å². The zero-order valence-corrected chi connectivity index (χ0v) is 13.2. The summed E-state index contributed by atoms with van der Waals surface area (Å²) in [4.78, 5) is 11.3. The second-order valence-corrected chi connectivity index (χ2v) is 6.42. The van der Waals surface area contributed by atoms with Gasteiger partial charge < -0.3 is 15.3 Å². The second kappa shape index (κ2) is 6.16. The molecule has 1 aliphatic carbocycles. The van der Waals surface area contributed by atoms with Crippen molar-refractivity contribution >= 4 is 17.5 Å². The third-order valence-corrected chi connectivity index (χ3v) is 4.83. The van der Waals surface area contributed by atoms with Crippen molar-refractivity contribution in [1.29, 1.82) is 0 Å². The van der Waals surface area contributed by atoms with Crippen LogP contribution >= 0.6 is 0 Å². The Morgan fingerprint density at radius 3 is 2.78 bits per heavy atom. The average Bonchev–Trinajstić information content (AvgIpc) is 3.01. The van der Waals surface area contributed by atoms with E-state index in [-0.39, 0.29) is 6.10 Å². The summed E-state index contributed by atoms with van der Waals surface area (Å²) in [5.74, 6) is 1.64. The summed E-state index contributed by atoms with van der Waals surface area (Å²) in [5, 5.41) is 13.0. The van der Waals surface area contributed by atoms with Gasteiger partial charge in [0.05, 0.1) is 6.10 Å². The van der Waals surface area contributed by atoms with Gasteiger partial charge in [0.25, 0.3) is 0 Å². The van der Waals surface area contributed by atoms with E-state index in [1.54, 1.807) is 0 Å². The summed E-state index contributed by atoms with van der Waals surface area (Å²) in [7, 11) is 0. The molecule has 1 fully saturated rings. The molecular formula is C18H22N4O. The van der Waals surface area contributed by atoms with Crippen molar-refractivity contribution in [2.24, 2.45) is 0 Å². The van der Waals surface area contributed by atoms with Crippen LogP contribution in [0.25, 0.3) is 0 Å². The van der Waals surface area contributed by atoms with Crippen molar-refractivity contribution < 1.29 is 5.11 Å². The predicted molar refractivity (Wildman–Crippen MR) is 91.1 cm³/mol. The first kappa shape index (κ1) is 14.5. The standard InChI is InChI=1S/C18H22N4O/c23-15-7-5-14(6-8-15)20-18-19-11-9-17(21-18)22-12-10-13-3-1-2-4-16(13)22/h1-4,9,11,14-15,23H,5-8,10,12H2,(H,19,20,21). The van der Waals surface area contributed by atoms with Crippen molar-refractivity contribution in [3.63, 3.8) is 0 Å². The van der Waals surface area contributed by atoms with Crippen LogP contribution in [-0.2, 0) is 6.42 Å². The van der Waals surface area contributed by atoms with Crippen LogP contribution in [0.3, 0.4) is 0 Å². The van der Waals surface area contributed by atoms with E-state index in [2.05, 4.69) is 39.5 Å². The number of para-hydroxylation sites is 1. The van der Waals surface area contributed by atoms with Crippen LogP contribution in [0, 0.1) is 0 Å². The van der Waals surface area contributed by atoms with Gasteiger partial charge >= 0.3 is 0 Å². The molecule has 0 atom stereocenters. The molecule has 1 saturated carbocycles. The number of aliphatic hydroxyl groups is 1. The Labute approximate surface area is 136 Å². The highest BCUT2D eigenvalue weighted by Crippen LogP contribution is 2.33. The molecule has 1 aromatic carbocycles. The number of hydrogen-bond acceptors (Lipinski definition) is 5. The van der Waals surface area contributed by atoms with Crippen LogP contribution in [0.2, 0.25) is 0 Å². The molecule has 2 aliphatic rings. The van der Waals surface area contributed by atoms with Crippen molar-refractivity contribution in [3.8, 4) is 0 Å². The summed E-state index contributed by atoms with van der Waals surface area (Å²) in [5.41, 5.74) is 2.62. The highest BCUT2D eigenvalue weighted by atomic mass is 16.3. The summed E-state index contributed by atoms with van der Waals surface area (Å²) < 4.78 is 0. The molecule has 2 heterocycles. The smallest absolute Gasteiger partial charge is 0.224 e. The molecule has 23 heavy (non-hydrogen) atoms. The lowest BCUT2D eigenvalue weighted by molar-refractivity contribution is 0.126. The Kier molecular flexibility index (Phi) is 3.87. The van der Waals surface area contributed by atoms with E-state index in [0.717, 1.165) is 44.5 Å². The van der Waals surface area contributed by atoms with E-state index in [0.29, 0.717) is 12.0 Å². The SMILES string of the molecule is OC1CCC(Nc2nccc(N3CCc4ccccc43)n2)CC1. The number of aliphatic hydroxyl groups excluding tert-OH is 1. The van der Waals surface area contributed by atoms with Gasteiger partial charge in [-0.1, -0.05) is 18.2 Å². The van der Waals surface area contributed by atoms with Gasteiger partial charge in [-0.05, 0) is 49.8 Å². The predicted octanol–water partition coefficient (Wildman–Crippen LogP) is 2.89. The van der Waals surface area contributed by atoms with Gasteiger partial charge in [-0.3, -0.25) is 0 Å². The maximum Gasteiger partial charge on any atom is 0.224 e. The number of nitrogens with zero attached hydrogens (tertiary/aromatic N) is 3. The van der Waals surface area contributed by atoms with Gasteiger partial charge in [0.1, 0.15) is 5.82 Å². The maximum absolute atomic E-state index is 9.61. The first-order valence-corrected chi connectivity index (χ1v) is 8.43. The summed E-state index contributed by atoms with van der Waals surface area (Å²) >= 11 is 0. The number of rotatable bonds is 3. The molecule has 1 aromatic heterocycles. The van der Waals surface area contributed by atoms with Crippen LogP contribution in [0.15, 0.2) is 36.5 Å². The molecular weight excluding hydrogens is 288 g/mol. The largest absolute Gasteiger partial charge is 0.393 e. The highest BCUT2D eigenvalue weighted by Gasteiger charge is 2.22. The quantitative estimate of drug-likeness (QED) is 0.913. The number of nitrogens with one attached hydrogen (secondary N) is 1. The first-order valence-electron chi connectivity index (χ1n) is 8.43. The van der Waals surface area contributed by atoms with Gasteiger partial charge in [-0.25, -0.2) is 4.98 Å². The Bertz CT molecular complexity index is 682. The first-order chi connectivity index (χ1) is 11.3. The molecule has 0 bridgehead atoms. The van der Waals surface area contributed by atoms with Crippen LogP contribution in [0.1, 0.15) is 31.2 Å². The minimum absolute atomic E-state index is 0.138. The second-order valence-electron chi connectivity index (χ2n) is 6.42. The van der Waals surface area contributed by atoms with Crippen molar-refractivity contribution in [1.82, 2.24) is 9.97 Å². The summed E-state index contributed by atoms with van der Waals surface area (Å²) in [6.07, 6.45) is 6.41. The van der Waals surface area contributed by atoms with Gasteiger partial charge in [-0.2, -0.15) is 4.98 Å². The molecule has 0 unspecified atom stereocenters. The summed E-state index contributed by atoms with van der Waals surface area (Å²) in [6, 6.07) is 10.8. The molecule has 2 aromatic rings. The lowest BCUT2D eigenvalue weighted by Crippen LogP contribution is -2.29. The van der Waals surface area contributed by atoms with E-state index in [9.17, 15) is 5.11 Å². The fourth-order valence-corrected chi connectivity index (χ4v) is 3.55. The van der Waals surface area contributed by atoms with Crippen LogP contribution < -0.4 is 10.2 Å². The van der Waals surface area contributed by atoms with Crippen LogP contribution in [0.4, 0.5) is 17.5 Å². The monoisotopic (exact) mass is 310 g/mol. The zero-order valence-electron chi connectivity index (χ0n) is 13.2. The Morgan fingerprint density at radius 1 is 1.09 bits per heavy atom. The molecule has 5 heteroatoms. The summed E-state index contributed by atoms with van der Waals surface area (Å²) in [6.45, 7) is 0.964. The third-order valence-electron chi connectivity index (χ3n) is 4.83. The minimum Gasteiger partial charge on any atom is -0.393 e. The lowest BCUT2D eigenvalue weighted by Gasteiger charge is -2.26. The molecule has 0 radical (unpaired) electrons. The van der Waals surface area contributed by atoms with Crippen LogP contribution in [-0.4, -0.2) is 33.8 Å². The molecule has 0 spiro atoms. The third kappa shape index (κ3) is 3.01. The Morgan fingerprint density at radius 2 is 1.91 bits per heavy atom. The van der Waals surface area contributed by atoms with E-state index >= 15 is 0 Å². The number of benzene rings is 1. The average molecular weight is 310 g/mol. The van der Waals surface area contributed by atoms with Crippen molar-refractivity contribution in [2.45, 2.75) is 44.2 Å². The number of hydrogen-bond donors (Lipinski definition) is 2. The van der Waals surface area contributed by atoms with E-state index in [1.165, 1.54) is 11.3 Å². The maximum atomic E-state index is 9.61. The lowest BCUT2D eigenvalue weighted by atomic mass is 9.93. The van der Waals surface area contributed by atoms with Crippen molar-refractivity contribution in [2.75, 3.05) is 16.8 Å². The molecule has 1 aliphatic heterocycles. The number of aromatic nitrogens is 2. The van der Waals surface area contributed by atoms with E-state index < -0.39 is 0 Å². The minimum atomic E-state index is -0.138. The van der Waals surface area contributed by atoms with Gasteiger partial charge in [0.2, 0.25) is 5.95 Å². The fraction of sp³-hybridized carbons (Fsp3) is 0.444.